The summed E-state index contributed by atoms with van der Waals surface area (Å²) in [6, 6.07) is 14.1. The molecule has 0 fully saturated rings. The van der Waals surface area contributed by atoms with Crippen LogP contribution in [0, 0.1) is 11.3 Å². The van der Waals surface area contributed by atoms with Gasteiger partial charge in [-0.25, -0.2) is 0 Å². The van der Waals surface area contributed by atoms with E-state index in [-0.39, 0.29) is 18.7 Å². The van der Waals surface area contributed by atoms with Crippen molar-refractivity contribution >= 4 is 5.91 Å². The highest BCUT2D eigenvalue weighted by Crippen LogP contribution is 2.34. The van der Waals surface area contributed by atoms with Crippen molar-refractivity contribution in [1.82, 2.24) is 5.32 Å². The normalized spacial score (nSPS) is 14.3. The van der Waals surface area contributed by atoms with Crippen molar-refractivity contribution in [1.29, 1.82) is 5.26 Å². The monoisotopic (exact) mass is 338 g/mol. The molecule has 128 valence electrons. The van der Waals surface area contributed by atoms with Gasteiger partial charge in [0.05, 0.1) is 17.7 Å². The molecule has 3 rings (SSSR count). The fourth-order valence-corrected chi connectivity index (χ4v) is 2.46. The third-order valence-corrected chi connectivity index (χ3v) is 3.92. The number of nitrogens with one attached hydrogen (secondary N) is 1. The van der Waals surface area contributed by atoms with E-state index in [2.05, 4.69) is 5.32 Å². The van der Waals surface area contributed by atoms with Crippen molar-refractivity contribution in [3.8, 4) is 23.3 Å². The fraction of sp³-hybridized carbons (Fsp3) is 0.263. The molecule has 1 N–H and O–H groups in total. The quantitative estimate of drug-likeness (QED) is 0.906. The molecule has 1 aliphatic rings. The lowest BCUT2D eigenvalue weighted by molar-refractivity contribution is -0.127. The number of carbonyl (C=O) groups excluding carboxylic acids is 1. The van der Waals surface area contributed by atoms with Crippen LogP contribution in [0.1, 0.15) is 31.0 Å². The summed E-state index contributed by atoms with van der Waals surface area (Å²) in [6.45, 7) is 3.79. The number of fused-ring (bicyclic) bond motifs is 1. The van der Waals surface area contributed by atoms with Gasteiger partial charge in [-0.05, 0) is 55.8 Å². The van der Waals surface area contributed by atoms with E-state index in [1.54, 1.807) is 31.2 Å². The van der Waals surface area contributed by atoms with Crippen LogP contribution in [0.25, 0.3) is 0 Å². The number of hydrogen-bond donors (Lipinski definition) is 1. The highest BCUT2D eigenvalue weighted by molar-refractivity contribution is 5.81. The molecule has 1 aliphatic heterocycles. The van der Waals surface area contributed by atoms with Crippen LogP contribution in [0.15, 0.2) is 42.5 Å². The minimum absolute atomic E-state index is 0.200. The maximum atomic E-state index is 12.3. The predicted octanol–water partition coefficient (Wildman–Crippen LogP) is 2.93. The standard InChI is InChI=1S/C19H18N2O4/c1-12(15-5-8-17-18(9-15)24-11-23-17)21-19(22)13(2)25-16-6-3-14(10-20)4-7-16/h3-9,12-13H,11H2,1-2H3,(H,21,22). The lowest BCUT2D eigenvalue weighted by Gasteiger charge is -2.19. The van der Waals surface area contributed by atoms with Crippen LogP contribution < -0.4 is 19.5 Å². The fourth-order valence-electron chi connectivity index (χ4n) is 2.46. The molecule has 0 saturated heterocycles. The Morgan fingerprint density at radius 2 is 1.88 bits per heavy atom. The van der Waals surface area contributed by atoms with Crippen LogP contribution in [0.5, 0.6) is 17.2 Å². The number of ether oxygens (including phenoxy) is 3. The zero-order chi connectivity index (χ0) is 17.8. The van der Waals surface area contributed by atoms with E-state index in [0.717, 1.165) is 5.56 Å². The van der Waals surface area contributed by atoms with Gasteiger partial charge in [-0.2, -0.15) is 5.26 Å². The molecule has 2 atom stereocenters. The second-order valence-electron chi connectivity index (χ2n) is 5.74. The Hall–Kier alpha value is -3.20. The highest BCUT2D eigenvalue weighted by atomic mass is 16.7. The largest absolute Gasteiger partial charge is 0.481 e. The number of carbonyl (C=O) groups is 1. The first kappa shape index (κ1) is 16.7. The van der Waals surface area contributed by atoms with Gasteiger partial charge < -0.3 is 19.5 Å². The lowest BCUT2D eigenvalue weighted by atomic mass is 10.1. The predicted molar refractivity (Wildman–Crippen MR) is 90.4 cm³/mol. The lowest BCUT2D eigenvalue weighted by Crippen LogP contribution is -2.37. The molecular formula is C19H18N2O4. The molecule has 2 aromatic carbocycles. The molecule has 2 unspecified atom stereocenters. The van der Waals surface area contributed by atoms with E-state index in [9.17, 15) is 4.79 Å². The average molecular weight is 338 g/mol. The van der Waals surface area contributed by atoms with Gasteiger partial charge in [-0.15, -0.1) is 0 Å². The van der Waals surface area contributed by atoms with E-state index in [0.29, 0.717) is 22.8 Å². The van der Waals surface area contributed by atoms with E-state index < -0.39 is 6.10 Å². The highest BCUT2D eigenvalue weighted by Gasteiger charge is 2.20. The molecule has 6 heteroatoms. The third kappa shape index (κ3) is 3.83. The van der Waals surface area contributed by atoms with Crippen LogP contribution in [0.2, 0.25) is 0 Å². The maximum absolute atomic E-state index is 12.3. The SMILES string of the molecule is CC(Oc1ccc(C#N)cc1)C(=O)NC(C)c1ccc2c(c1)OCO2. The molecule has 0 aromatic heterocycles. The van der Waals surface area contributed by atoms with Crippen molar-refractivity contribution in [3.63, 3.8) is 0 Å². The summed E-state index contributed by atoms with van der Waals surface area (Å²) in [4.78, 5) is 12.3. The van der Waals surface area contributed by atoms with Crippen molar-refractivity contribution in [2.75, 3.05) is 6.79 Å². The zero-order valence-corrected chi connectivity index (χ0v) is 14.0. The molecule has 0 aliphatic carbocycles. The summed E-state index contributed by atoms with van der Waals surface area (Å²) in [6.07, 6.45) is -0.663. The first-order chi connectivity index (χ1) is 12.1. The summed E-state index contributed by atoms with van der Waals surface area (Å²) in [5.74, 6) is 1.70. The van der Waals surface area contributed by atoms with E-state index in [4.69, 9.17) is 19.5 Å². The Bertz CT molecular complexity index is 811. The second kappa shape index (κ2) is 7.14. The molecular weight excluding hydrogens is 320 g/mol. The molecule has 1 heterocycles. The first-order valence-electron chi connectivity index (χ1n) is 7.93. The molecule has 25 heavy (non-hydrogen) atoms. The minimum atomic E-state index is -0.663. The van der Waals surface area contributed by atoms with Gasteiger partial charge in [0.1, 0.15) is 5.75 Å². The molecule has 6 nitrogen and oxygen atoms in total. The Morgan fingerprint density at radius 3 is 2.60 bits per heavy atom. The van der Waals surface area contributed by atoms with Gasteiger partial charge in [0, 0.05) is 0 Å². The number of hydrogen-bond acceptors (Lipinski definition) is 5. The van der Waals surface area contributed by atoms with Gasteiger partial charge in [-0.3, -0.25) is 4.79 Å². The smallest absolute Gasteiger partial charge is 0.261 e. The summed E-state index contributed by atoms with van der Waals surface area (Å²) < 4.78 is 16.3. The molecule has 1 amide bonds. The maximum Gasteiger partial charge on any atom is 0.261 e. The Labute approximate surface area is 145 Å². The van der Waals surface area contributed by atoms with Gasteiger partial charge in [0.25, 0.3) is 5.91 Å². The number of nitriles is 1. The Morgan fingerprint density at radius 1 is 1.16 bits per heavy atom. The van der Waals surface area contributed by atoms with Crippen molar-refractivity contribution < 1.29 is 19.0 Å². The summed E-state index contributed by atoms with van der Waals surface area (Å²) in [5, 5.41) is 11.7. The molecule has 0 radical (unpaired) electrons. The molecule has 2 aromatic rings. The van der Waals surface area contributed by atoms with Crippen LogP contribution in [-0.2, 0) is 4.79 Å². The van der Waals surface area contributed by atoms with E-state index >= 15 is 0 Å². The van der Waals surface area contributed by atoms with Crippen molar-refractivity contribution in [3.05, 3.63) is 53.6 Å². The second-order valence-corrected chi connectivity index (χ2v) is 5.74. The summed E-state index contributed by atoms with van der Waals surface area (Å²) in [5.41, 5.74) is 1.46. The van der Waals surface area contributed by atoms with E-state index in [1.807, 2.05) is 31.2 Å². The van der Waals surface area contributed by atoms with Crippen LogP contribution in [0.4, 0.5) is 0 Å². The molecule has 0 saturated carbocycles. The summed E-state index contributed by atoms with van der Waals surface area (Å²) in [7, 11) is 0. The summed E-state index contributed by atoms with van der Waals surface area (Å²) >= 11 is 0. The Balaban J connectivity index is 1.59. The number of nitrogens with zero attached hydrogens (tertiary/aromatic N) is 1. The van der Waals surface area contributed by atoms with Crippen molar-refractivity contribution in [2.45, 2.75) is 26.0 Å². The van der Waals surface area contributed by atoms with Gasteiger partial charge >= 0.3 is 0 Å². The molecule has 0 bridgehead atoms. The zero-order valence-electron chi connectivity index (χ0n) is 14.0. The van der Waals surface area contributed by atoms with Crippen LogP contribution in [-0.4, -0.2) is 18.8 Å². The first-order valence-corrected chi connectivity index (χ1v) is 7.93. The Kier molecular flexibility index (Phi) is 4.75. The topological polar surface area (TPSA) is 80.6 Å². The third-order valence-electron chi connectivity index (χ3n) is 3.92. The van der Waals surface area contributed by atoms with Crippen LogP contribution in [0.3, 0.4) is 0 Å². The van der Waals surface area contributed by atoms with Gasteiger partial charge in [0.2, 0.25) is 6.79 Å². The van der Waals surface area contributed by atoms with Gasteiger partial charge in [-0.1, -0.05) is 6.07 Å². The average Bonchev–Trinajstić information content (AvgIpc) is 3.09. The van der Waals surface area contributed by atoms with Gasteiger partial charge in [0.15, 0.2) is 17.6 Å². The van der Waals surface area contributed by atoms with Crippen molar-refractivity contribution in [2.24, 2.45) is 0 Å². The number of rotatable bonds is 5. The van der Waals surface area contributed by atoms with Crippen LogP contribution >= 0.6 is 0 Å². The minimum Gasteiger partial charge on any atom is -0.481 e. The number of benzene rings is 2. The molecule has 0 spiro atoms. The number of amides is 1. The van der Waals surface area contributed by atoms with E-state index in [1.165, 1.54) is 0 Å².